The first-order valence-corrected chi connectivity index (χ1v) is 5.72. The van der Waals surface area contributed by atoms with Crippen LogP contribution < -0.4 is 10.1 Å². The molecule has 1 aromatic carbocycles. The Morgan fingerprint density at radius 3 is 2.81 bits per heavy atom. The third-order valence-electron chi connectivity index (χ3n) is 2.87. The molecule has 2 rings (SSSR count). The van der Waals surface area contributed by atoms with E-state index in [9.17, 15) is 0 Å². The van der Waals surface area contributed by atoms with Gasteiger partial charge in [0, 0.05) is 12.5 Å². The number of nitrogens with zero attached hydrogens (tertiary/aromatic N) is 1. The first kappa shape index (κ1) is 11.0. The van der Waals surface area contributed by atoms with E-state index < -0.39 is 0 Å². The Hall–Kier alpha value is -1.53. The number of ether oxygens (including phenoxy) is 1. The van der Waals surface area contributed by atoms with Gasteiger partial charge in [-0.3, -0.25) is 0 Å². The lowest BCUT2D eigenvalue weighted by atomic mass is 10.0. The van der Waals surface area contributed by atoms with E-state index in [0.29, 0.717) is 11.5 Å². The molecule has 3 nitrogen and oxygen atoms in total. The van der Waals surface area contributed by atoms with Crippen molar-refractivity contribution in [2.45, 2.75) is 12.8 Å². The monoisotopic (exact) mass is 216 g/mol. The zero-order valence-corrected chi connectivity index (χ0v) is 9.28. The molecule has 1 N–H and O–H groups in total. The van der Waals surface area contributed by atoms with E-state index in [2.05, 4.69) is 11.4 Å². The van der Waals surface area contributed by atoms with Gasteiger partial charge >= 0.3 is 0 Å². The van der Waals surface area contributed by atoms with E-state index in [-0.39, 0.29) is 0 Å². The Morgan fingerprint density at radius 1 is 1.38 bits per heavy atom. The molecular formula is C13H16N2O. The molecule has 0 amide bonds. The van der Waals surface area contributed by atoms with Crippen molar-refractivity contribution in [3.8, 4) is 11.8 Å². The summed E-state index contributed by atoms with van der Waals surface area (Å²) in [7, 11) is 0. The van der Waals surface area contributed by atoms with Gasteiger partial charge in [-0.05, 0) is 43.7 Å². The molecule has 1 aliphatic heterocycles. The smallest absolute Gasteiger partial charge is 0.119 e. The summed E-state index contributed by atoms with van der Waals surface area (Å²) in [5.74, 6) is 1.47. The Kier molecular flexibility index (Phi) is 3.79. The molecule has 1 atom stereocenters. The van der Waals surface area contributed by atoms with Crippen LogP contribution in [0.1, 0.15) is 18.4 Å². The number of rotatable bonds is 3. The van der Waals surface area contributed by atoms with Gasteiger partial charge in [-0.1, -0.05) is 0 Å². The molecule has 1 saturated heterocycles. The molecule has 0 aliphatic carbocycles. The quantitative estimate of drug-likeness (QED) is 0.839. The van der Waals surface area contributed by atoms with Crippen LogP contribution in [0.4, 0.5) is 0 Å². The SMILES string of the molecule is N#Cc1ccc(OCC2CCCNC2)cc1. The summed E-state index contributed by atoms with van der Waals surface area (Å²) in [5, 5.41) is 12.0. The highest BCUT2D eigenvalue weighted by Crippen LogP contribution is 2.15. The van der Waals surface area contributed by atoms with Gasteiger partial charge in [0.25, 0.3) is 0 Å². The molecule has 1 unspecified atom stereocenters. The van der Waals surface area contributed by atoms with Crippen LogP contribution >= 0.6 is 0 Å². The molecule has 16 heavy (non-hydrogen) atoms. The number of nitriles is 1. The Labute approximate surface area is 96.0 Å². The van der Waals surface area contributed by atoms with Crippen LogP contribution in [-0.2, 0) is 0 Å². The minimum atomic E-state index is 0.615. The van der Waals surface area contributed by atoms with Gasteiger partial charge in [-0.15, -0.1) is 0 Å². The van der Waals surface area contributed by atoms with Crippen molar-refractivity contribution in [3.63, 3.8) is 0 Å². The van der Waals surface area contributed by atoms with Crippen molar-refractivity contribution in [2.75, 3.05) is 19.7 Å². The second kappa shape index (κ2) is 5.53. The van der Waals surface area contributed by atoms with E-state index in [1.807, 2.05) is 12.1 Å². The molecule has 0 spiro atoms. The molecule has 0 radical (unpaired) electrons. The summed E-state index contributed by atoms with van der Waals surface area (Å²) < 4.78 is 5.70. The van der Waals surface area contributed by atoms with Crippen LogP contribution in [0.15, 0.2) is 24.3 Å². The van der Waals surface area contributed by atoms with Gasteiger partial charge in [0.1, 0.15) is 5.75 Å². The summed E-state index contributed by atoms with van der Waals surface area (Å²) in [6.45, 7) is 2.95. The lowest BCUT2D eigenvalue weighted by Gasteiger charge is -2.22. The summed E-state index contributed by atoms with van der Waals surface area (Å²) in [6.07, 6.45) is 2.48. The Bertz CT molecular complexity index is 361. The molecule has 3 heteroatoms. The fourth-order valence-corrected chi connectivity index (χ4v) is 1.91. The molecule has 1 aromatic rings. The van der Waals surface area contributed by atoms with Gasteiger partial charge in [0.2, 0.25) is 0 Å². The number of hydrogen-bond donors (Lipinski definition) is 1. The Balaban J connectivity index is 1.82. The van der Waals surface area contributed by atoms with Crippen molar-refractivity contribution in [3.05, 3.63) is 29.8 Å². The first-order valence-electron chi connectivity index (χ1n) is 5.72. The number of hydrogen-bond acceptors (Lipinski definition) is 3. The first-order chi connectivity index (χ1) is 7.88. The Morgan fingerprint density at radius 2 is 2.19 bits per heavy atom. The second-order valence-corrected chi connectivity index (χ2v) is 4.16. The average Bonchev–Trinajstić information content (AvgIpc) is 2.38. The minimum absolute atomic E-state index is 0.615. The third-order valence-corrected chi connectivity index (χ3v) is 2.87. The summed E-state index contributed by atoms with van der Waals surface area (Å²) in [4.78, 5) is 0. The van der Waals surface area contributed by atoms with E-state index in [1.165, 1.54) is 12.8 Å². The van der Waals surface area contributed by atoms with Crippen LogP contribution in [0.5, 0.6) is 5.75 Å². The molecular weight excluding hydrogens is 200 g/mol. The molecule has 1 heterocycles. The minimum Gasteiger partial charge on any atom is -0.493 e. The predicted octanol–water partition coefficient (Wildman–Crippen LogP) is 1.94. The maximum Gasteiger partial charge on any atom is 0.119 e. The van der Waals surface area contributed by atoms with E-state index in [4.69, 9.17) is 10.00 Å². The van der Waals surface area contributed by atoms with Gasteiger partial charge in [-0.2, -0.15) is 5.26 Å². The highest BCUT2D eigenvalue weighted by molar-refractivity contribution is 5.34. The summed E-state index contributed by atoms with van der Waals surface area (Å²) in [5.41, 5.74) is 0.673. The molecule has 0 aromatic heterocycles. The van der Waals surface area contributed by atoms with Crippen LogP contribution in [0, 0.1) is 17.2 Å². The second-order valence-electron chi connectivity index (χ2n) is 4.16. The van der Waals surface area contributed by atoms with Gasteiger partial charge in [0.05, 0.1) is 18.2 Å². The largest absolute Gasteiger partial charge is 0.493 e. The highest BCUT2D eigenvalue weighted by atomic mass is 16.5. The molecule has 1 aliphatic rings. The normalized spacial score (nSPS) is 20.1. The van der Waals surface area contributed by atoms with Crippen LogP contribution in [0.25, 0.3) is 0 Å². The van der Waals surface area contributed by atoms with Crippen molar-refractivity contribution >= 4 is 0 Å². The molecule has 0 bridgehead atoms. The van der Waals surface area contributed by atoms with Crippen molar-refractivity contribution in [1.29, 1.82) is 5.26 Å². The zero-order chi connectivity index (χ0) is 11.2. The number of nitrogens with one attached hydrogen (secondary N) is 1. The summed E-state index contributed by atoms with van der Waals surface area (Å²) in [6, 6.07) is 9.38. The summed E-state index contributed by atoms with van der Waals surface area (Å²) >= 11 is 0. The molecule has 0 saturated carbocycles. The van der Waals surface area contributed by atoms with E-state index in [0.717, 1.165) is 25.4 Å². The lowest BCUT2D eigenvalue weighted by molar-refractivity contribution is 0.218. The van der Waals surface area contributed by atoms with E-state index >= 15 is 0 Å². The van der Waals surface area contributed by atoms with Gasteiger partial charge in [0.15, 0.2) is 0 Å². The highest BCUT2D eigenvalue weighted by Gasteiger charge is 2.13. The lowest BCUT2D eigenvalue weighted by Crippen LogP contribution is -2.33. The van der Waals surface area contributed by atoms with Crippen LogP contribution in [0.2, 0.25) is 0 Å². The average molecular weight is 216 g/mol. The van der Waals surface area contributed by atoms with Gasteiger partial charge in [-0.25, -0.2) is 0 Å². The van der Waals surface area contributed by atoms with Crippen LogP contribution in [-0.4, -0.2) is 19.7 Å². The predicted molar refractivity (Wildman–Crippen MR) is 62.2 cm³/mol. The van der Waals surface area contributed by atoms with Crippen LogP contribution in [0.3, 0.4) is 0 Å². The third kappa shape index (κ3) is 2.98. The topological polar surface area (TPSA) is 45.0 Å². The fraction of sp³-hybridized carbons (Fsp3) is 0.462. The zero-order valence-electron chi connectivity index (χ0n) is 9.28. The molecule has 1 fully saturated rings. The maximum absolute atomic E-state index is 8.66. The molecule has 84 valence electrons. The van der Waals surface area contributed by atoms with E-state index in [1.54, 1.807) is 12.1 Å². The number of benzene rings is 1. The maximum atomic E-state index is 8.66. The van der Waals surface area contributed by atoms with Crippen molar-refractivity contribution in [2.24, 2.45) is 5.92 Å². The number of piperidine rings is 1. The van der Waals surface area contributed by atoms with Crippen molar-refractivity contribution in [1.82, 2.24) is 5.32 Å². The standard InChI is InChI=1S/C13H16N2O/c14-8-11-3-5-13(6-4-11)16-10-12-2-1-7-15-9-12/h3-6,12,15H,1-2,7,9-10H2. The van der Waals surface area contributed by atoms with Crippen molar-refractivity contribution < 1.29 is 4.74 Å². The van der Waals surface area contributed by atoms with Gasteiger partial charge < -0.3 is 10.1 Å². The fourth-order valence-electron chi connectivity index (χ4n) is 1.91.